The van der Waals surface area contributed by atoms with Crippen molar-refractivity contribution < 1.29 is 62.9 Å². The summed E-state index contributed by atoms with van der Waals surface area (Å²) < 4.78 is 6.04. The van der Waals surface area contributed by atoms with Gasteiger partial charge in [-0.1, -0.05) is 128 Å². The second kappa shape index (κ2) is 34.2. The summed E-state index contributed by atoms with van der Waals surface area (Å²) >= 11 is 0. The maximum absolute atomic E-state index is 14.2. The van der Waals surface area contributed by atoms with E-state index in [9.17, 15) is 58.2 Å². The van der Waals surface area contributed by atoms with E-state index in [1.165, 1.54) is 0 Å². The van der Waals surface area contributed by atoms with Crippen LogP contribution in [0.5, 0.6) is 0 Å². The lowest BCUT2D eigenvalue weighted by Crippen LogP contribution is -2.61. The number of ether oxygens (including phenoxy) is 1. The highest BCUT2D eigenvalue weighted by Crippen LogP contribution is 2.19. The van der Waals surface area contributed by atoms with Crippen LogP contribution in [0.15, 0.2) is 0 Å². The van der Waals surface area contributed by atoms with Crippen molar-refractivity contribution in [2.24, 2.45) is 35.5 Å². The number of rotatable bonds is 24. The molecule has 20 heteroatoms. The molecule has 0 radical (unpaired) electrons. The summed E-state index contributed by atoms with van der Waals surface area (Å²) in [4.78, 5) is 137. The molecule has 0 aromatic carbocycles. The van der Waals surface area contributed by atoms with Gasteiger partial charge in [-0.3, -0.25) is 43.2 Å². The summed E-state index contributed by atoms with van der Waals surface area (Å²) in [6.07, 6.45) is 5.02. The van der Waals surface area contributed by atoms with Gasteiger partial charge in [-0.05, 0) is 80.5 Å². The van der Waals surface area contributed by atoms with Crippen LogP contribution in [0.25, 0.3) is 0 Å². The van der Waals surface area contributed by atoms with E-state index < -0.39 is 133 Å². The van der Waals surface area contributed by atoms with Crippen LogP contribution in [-0.2, 0) is 52.7 Å². The molecule has 0 aromatic rings. The molecule has 73 heavy (non-hydrogen) atoms. The normalized spacial score (nSPS) is 24.0. The van der Waals surface area contributed by atoms with Crippen molar-refractivity contribution in [3.63, 3.8) is 0 Å². The maximum Gasteiger partial charge on any atom is 0.328 e. The number of aliphatic carboxylic acids is 2. The van der Waals surface area contributed by atoms with E-state index in [0.29, 0.717) is 12.3 Å². The number of esters is 1. The van der Waals surface area contributed by atoms with Crippen molar-refractivity contribution in [3.05, 3.63) is 0 Å². The first-order valence-corrected chi connectivity index (χ1v) is 26.8. The fourth-order valence-corrected chi connectivity index (χ4v) is 8.57. The van der Waals surface area contributed by atoms with Gasteiger partial charge in [0.15, 0.2) is 0 Å². The van der Waals surface area contributed by atoms with Crippen LogP contribution in [0.1, 0.15) is 192 Å². The average molecular weight is 1040 g/mol. The van der Waals surface area contributed by atoms with Crippen molar-refractivity contribution in [2.45, 2.75) is 241 Å². The number of amides is 7. The lowest BCUT2D eigenvalue weighted by Gasteiger charge is -2.29. The molecule has 1 aliphatic heterocycles. The number of carboxylic acid groups (broad SMARTS) is 2. The SMILES string of the molecule is CC(C)CCCCCCCCC[C@@H]1CC(=O)N[C@@H](CCC(=O)O)C(=O)N[C@H](CC(C)C)C(=O)N[C@H](CC(C)C)C(=O)N[C@@H](C(C)C)C(=O)N[C@H](CC(=O)O)C(=O)N[C@H](CC(C)C)C(=O)N[C@H](CC(C)C)C(=O)O1. The minimum atomic E-state index is -1.72. The Hall–Kier alpha value is -5.30. The highest BCUT2D eigenvalue weighted by Gasteiger charge is 2.37. The Labute approximate surface area is 434 Å². The van der Waals surface area contributed by atoms with Gasteiger partial charge >= 0.3 is 17.9 Å². The summed E-state index contributed by atoms with van der Waals surface area (Å²) in [5.74, 6) is -10.1. The molecule has 418 valence electrons. The van der Waals surface area contributed by atoms with Crippen LogP contribution >= 0.6 is 0 Å². The topological polar surface area (TPSA) is 305 Å². The Bertz CT molecular complexity index is 1800. The highest BCUT2D eigenvalue weighted by atomic mass is 16.5. The molecule has 0 unspecified atom stereocenters. The molecule has 8 atom stereocenters. The van der Waals surface area contributed by atoms with E-state index in [0.717, 1.165) is 44.9 Å². The first kappa shape index (κ1) is 65.7. The molecule has 9 N–H and O–H groups in total. The van der Waals surface area contributed by atoms with Crippen LogP contribution in [0.4, 0.5) is 0 Å². The number of carbonyl (C=O) groups excluding carboxylic acids is 8. The second-order valence-electron chi connectivity index (χ2n) is 22.4. The van der Waals surface area contributed by atoms with Crippen LogP contribution in [0, 0.1) is 35.5 Å². The molecule has 1 heterocycles. The van der Waals surface area contributed by atoms with Crippen LogP contribution < -0.4 is 37.2 Å². The largest absolute Gasteiger partial charge is 0.481 e. The number of hydrogen-bond acceptors (Lipinski definition) is 11. The molecular weight excluding hydrogens is 943 g/mol. The Kier molecular flexibility index (Phi) is 30.8. The van der Waals surface area contributed by atoms with Crippen molar-refractivity contribution in [2.75, 3.05) is 0 Å². The third kappa shape index (κ3) is 28.1. The monoisotopic (exact) mass is 1040 g/mol. The van der Waals surface area contributed by atoms with Crippen LogP contribution in [0.3, 0.4) is 0 Å². The average Bonchev–Trinajstić information content (AvgIpc) is 3.26. The number of hydrogen-bond donors (Lipinski definition) is 9. The van der Waals surface area contributed by atoms with E-state index >= 15 is 0 Å². The third-order valence-electron chi connectivity index (χ3n) is 12.4. The van der Waals surface area contributed by atoms with Crippen molar-refractivity contribution in [3.8, 4) is 0 Å². The number of cyclic esters (lactones) is 1. The minimum absolute atomic E-state index is 0.0393. The minimum Gasteiger partial charge on any atom is -0.481 e. The molecule has 0 bridgehead atoms. The number of carbonyl (C=O) groups is 10. The molecule has 1 saturated heterocycles. The third-order valence-corrected chi connectivity index (χ3v) is 12.4. The zero-order chi connectivity index (χ0) is 55.5. The van der Waals surface area contributed by atoms with Crippen molar-refractivity contribution in [1.82, 2.24) is 37.2 Å². The Morgan fingerprint density at radius 3 is 1.29 bits per heavy atom. The first-order valence-electron chi connectivity index (χ1n) is 26.8. The van der Waals surface area contributed by atoms with Gasteiger partial charge in [-0.25, -0.2) is 4.79 Å². The molecule has 1 fully saturated rings. The number of nitrogens with one attached hydrogen (secondary N) is 7. The van der Waals surface area contributed by atoms with E-state index in [-0.39, 0.29) is 62.2 Å². The van der Waals surface area contributed by atoms with Gasteiger partial charge in [-0.15, -0.1) is 0 Å². The van der Waals surface area contributed by atoms with Gasteiger partial charge in [0, 0.05) is 6.42 Å². The summed E-state index contributed by atoms with van der Waals surface area (Å²) in [6.45, 7) is 22.0. The van der Waals surface area contributed by atoms with E-state index in [1.807, 2.05) is 13.8 Å². The lowest BCUT2D eigenvalue weighted by atomic mass is 9.98. The molecule has 7 amide bonds. The van der Waals surface area contributed by atoms with Gasteiger partial charge < -0.3 is 52.2 Å². The van der Waals surface area contributed by atoms with Gasteiger partial charge in [0.1, 0.15) is 48.4 Å². The fourth-order valence-electron chi connectivity index (χ4n) is 8.57. The molecule has 20 nitrogen and oxygen atoms in total. The zero-order valence-electron chi connectivity index (χ0n) is 46.0. The van der Waals surface area contributed by atoms with Crippen LogP contribution in [0.2, 0.25) is 0 Å². The molecular formula is C53H93N7O13. The Morgan fingerprint density at radius 2 is 0.849 bits per heavy atom. The van der Waals surface area contributed by atoms with E-state index in [1.54, 1.807) is 55.4 Å². The highest BCUT2D eigenvalue weighted by molar-refractivity contribution is 5.98. The van der Waals surface area contributed by atoms with Crippen LogP contribution in [-0.4, -0.2) is 118 Å². The van der Waals surface area contributed by atoms with Crippen molar-refractivity contribution in [1.29, 1.82) is 0 Å². The Balaban J connectivity index is 3.95. The predicted molar refractivity (Wildman–Crippen MR) is 276 cm³/mol. The standard InChI is InChI=1S/C53H93N7O13/c1-30(2)20-18-16-14-13-15-17-19-21-36-28-43(61)54-37(22-23-44(62)63)47(66)55-38(24-31(3)4)48(67)57-40(26-33(7)8)51(70)60-46(35(11)12)52(71)58-41(29-45(64)65)50(69)56-39(25-32(5)6)49(68)59-42(27-34(9)10)53(72)73-36/h30-42,46H,13-29H2,1-12H3,(H,54,61)(H,55,66)(H,56,69)(H,57,67)(H,58,71)(H,59,68)(H,60,70)(H,62,63)(H,64,65)/t36-,37+,38-,39-,40-,41-,42-,46+/m1/s1. The summed E-state index contributed by atoms with van der Waals surface area (Å²) in [6, 6.07) is -9.64. The van der Waals surface area contributed by atoms with E-state index in [2.05, 4.69) is 51.1 Å². The summed E-state index contributed by atoms with van der Waals surface area (Å²) in [5, 5.41) is 37.9. The van der Waals surface area contributed by atoms with Crippen molar-refractivity contribution >= 4 is 59.3 Å². The van der Waals surface area contributed by atoms with Gasteiger partial charge in [-0.2, -0.15) is 0 Å². The molecule has 0 spiro atoms. The molecule has 1 aliphatic rings. The predicted octanol–water partition coefficient (Wildman–Crippen LogP) is 5.04. The lowest BCUT2D eigenvalue weighted by molar-refractivity contribution is -0.155. The second-order valence-corrected chi connectivity index (χ2v) is 22.4. The quantitative estimate of drug-likeness (QED) is 0.0453. The number of carboxylic acids is 2. The van der Waals surface area contributed by atoms with Gasteiger partial charge in [0.05, 0.1) is 12.8 Å². The molecule has 0 saturated carbocycles. The maximum atomic E-state index is 14.2. The zero-order valence-corrected chi connectivity index (χ0v) is 46.0. The van der Waals surface area contributed by atoms with E-state index in [4.69, 9.17) is 4.74 Å². The fraction of sp³-hybridized carbons (Fsp3) is 0.811. The number of unbranched alkanes of at least 4 members (excludes halogenated alkanes) is 6. The smallest absolute Gasteiger partial charge is 0.328 e. The van der Waals surface area contributed by atoms with Gasteiger partial charge in [0.25, 0.3) is 0 Å². The molecule has 0 aromatic heterocycles. The summed E-state index contributed by atoms with van der Waals surface area (Å²) in [7, 11) is 0. The first-order chi connectivity index (χ1) is 34.1. The Morgan fingerprint density at radius 1 is 0.452 bits per heavy atom. The van der Waals surface area contributed by atoms with Gasteiger partial charge in [0.2, 0.25) is 41.4 Å². The summed E-state index contributed by atoms with van der Waals surface area (Å²) in [5.41, 5.74) is 0. The molecule has 1 rings (SSSR count). The molecule has 0 aliphatic carbocycles.